The second-order valence-electron chi connectivity index (χ2n) is 7.59. The van der Waals surface area contributed by atoms with Crippen molar-refractivity contribution in [2.75, 3.05) is 39.3 Å². The molecule has 0 radical (unpaired) electrons. The van der Waals surface area contributed by atoms with E-state index < -0.39 is 0 Å². The van der Waals surface area contributed by atoms with E-state index in [4.69, 9.17) is 0 Å². The lowest BCUT2D eigenvalue weighted by molar-refractivity contribution is -0.144. The van der Waals surface area contributed by atoms with Gasteiger partial charge in [-0.1, -0.05) is 24.3 Å². The summed E-state index contributed by atoms with van der Waals surface area (Å²) in [5.74, 6) is 0.397. The molecule has 6 nitrogen and oxygen atoms in total. The van der Waals surface area contributed by atoms with E-state index >= 15 is 0 Å². The van der Waals surface area contributed by atoms with E-state index in [1.165, 1.54) is 0 Å². The van der Waals surface area contributed by atoms with Crippen molar-refractivity contribution in [3.8, 4) is 0 Å². The normalized spacial score (nSPS) is 18.5. The maximum atomic E-state index is 12.8. The van der Waals surface area contributed by atoms with Gasteiger partial charge in [-0.25, -0.2) is 0 Å². The van der Waals surface area contributed by atoms with Crippen LogP contribution in [0.4, 0.5) is 0 Å². The molecule has 2 heterocycles. The van der Waals surface area contributed by atoms with Gasteiger partial charge in [0, 0.05) is 52.1 Å². The van der Waals surface area contributed by atoms with Gasteiger partial charge in [0.2, 0.25) is 17.7 Å². The second kappa shape index (κ2) is 8.55. The fourth-order valence-electron chi connectivity index (χ4n) is 3.96. The molecule has 3 amide bonds. The summed E-state index contributed by atoms with van der Waals surface area (Å²) in [5.41, 5.74) is 2.21. The van der Waals surface area contributed by atoms with Crippen molar-refractivity contribution in [3.63, 3.8) is 0 Å². The van der Waals surface area contributed by atoms with Crippen LogP contribution in [0.25, 0.3) is 0 Å². The Hall–Kier alpha value is -2.37. The molecular weight excluding hydrogens is 342 g/mol. The van der Waals surface area contributed by atoms with Crippen LogP contribution in [-0.4, -0.2) is 71.7 Å². The smallest absolute Gasteiger partial charge is 0.226 e. The third-order valence-electron chi connectivity index (χ3n) is 5.84. The maximum absolute atomic E-state index is 12.8. The Bertz CT molecular complexity index is 702. The summed E-state index contributed by atoms with van der Waals surface area (Å²) in [6, 6.07) is 7.98. The van der Waals surface area contributed by atoms with Crippen molar-refractivity contribution in [1.29, 1.82) is 0 Å². The number of amides is 3. The highest BCUT2D eigenvalue weighted by atomic mass is 16.2. The molecule has 2 fully saturated rings. The summed E-state index contributed by atoms with van der Waals surface area (Å²) in [5, 5.41) is 0. The summed E-state index contributed by atoms with van der Waals surface area (Å²) in [6.07, 6.45) is 1.88. The molecule has 3 rings (SSSR count). The fraction of sp³-hybridized carbons (Fsp3) is 0.571. The molecule has 1 aromatic carbocycles. The highest BCUT2D eigenvalue weighted by Gasteiger charge is 2.32. The quantitative estimate of drug-likeness (QED) is 0.808. The molecule has 0 spiro atoms. The Morgan fingerprint density at radius 3 is 2.07 bits per heavy atom. The third-order valence-corrected chi connectivity index (χ3v) is 5.84. The molecule has 2 aliphatic heterocycles. The van der Waals surface area contributed by atoms with Crippen molar-refractivity contribution in [3.05, 3.63) is 35.4 Å². The van der Waals surface area contributed by atoms with Gasteiger partial charge in [0.25, 0.3) is 0 Å². The second-order valence-corrected chi connectivity index (χ2v) is 7.59. The lowest BCUT2D eigenvalue weighted by atomic mass is 9.94. The van der Waals surface area contributed by atoms with Crippen LogP contribution < -0.4 is 0 Å². The van der Waals surface area contributed by atoms with E-state index in [0.29, 0.717) is 45.7 Å². The zero-order chi connectivity index (χ0) is 19.4. The van der Waals surface area contributed by atoms with Gasteiger partial charge in [-0.2, -0.15) is 0 Å². The number of piperazine rings is 1. The van der Waals surface area contributed by atoms with Crippen LogP contribution in [0.2, 0.25) is 0 Å². The van der Waals surface area contributed by atoms with Gasteiger partial charge in [-0.05, 0) is 30.9 Å². The van der Waals surface area contributed by atoms with Gasteiger partial charge < -0.3 is 14.7 Å². The van der Waals surface area contributed by atoms with Crippen molar-refractivity contribution in [1.82, 2.24) is 14.7 Å². The number of hydrogen-bond acceptors (Lipinski definition) is 3. The van der Waals surface area contributed by atoms with Gasteiger partial charge in [0.1, 0.15) is 0 Å². The van der Waals surface area contributed by atoms with Gasteiger partial charge in [-0.3, -0.25) is 14.4 Å². The van der Waals surface area contributed by atoms with Crippen LogP contribution in [0.15, 0.2) is 24.3 Å². The van der Waals surface area contributed by atoms with Crippen molar-refractivity contribution in [2.45, 2.75) is 33.1 Å². The summed E-state index contributed by atoms with van der Waals surface area (Å²) in [4.78, 5) is 42.3. The molecule has 1 aromatic rings. The summed E-state index contributed by atoms with van der Waals surface area (Å²) in [6.45, 7) is 7.36. The van der Waals surface area contributed by atoms with E-state index in [2.05, 4.69) is 0 Å². The molecule has 0 aromatic heterocycles. The number of aryl methyl sites for hydroxylation is 1. The number of rotatable bonds is 3. The molecule has 0 unspecified atom stereocenters. The maximum Gasteiger partial charge on any atom is 0.226 e. The first-order valence-corrected chi connectivity index (χ1v) is 9.82. The first-order chi connectivity index (χ1) is 13.0. The summed E-state index contributed by atoms with van der Waals surface area (Å²) >= 11 is 0. The number of hydrogen-bond donors (Lipinski definition) is 0. The highest BCUT2D eigenvalue weighted by molar-refractivity contribution is 5.81. The standard InChI is InChI=1S/C21H29N3O3/c1-16-5-3-4-6-19(16)15-20(26)23-9-7-18(8-10-23)21(27)24-13-11-22(12-14-24)17(2)25/h3-6,18H,7-15H2,1-2H3. The van der Waals surface area contributed by atoms with Crippen LogP contribution >= 0.6 is 0 Å². The molecular formula is C21H29N3O3. The van der Waals surface area contributed by atoms with E-state index in [-0.39, 0.29) is 23.6 Å². The Kier molecular flexibility index (Phi) is 6.14. The molecule has 0 N–H and O–H groups in total. The molecule has 0 saturated carbocycles. The molecule has 2 aliphatic rings. The molecule has 0 aliphatic carbocycles. The van der Waals surface area contributed by atoms with Crippen LogP contribution in [0.3, 0.4) is 0 Å². The zero-order valence-electron chi connectivity index (χ0n) is 16.3. The monoisotopic (exact) mass is 371 g/mol. The predicted octanol–water partition coefficient (Wildman–Crippen LogP) is 1.47. The largest absolute Gasteiger partial charge is 0.342 e. The molecule has 6 heteroatoms. The molecule has 0 bridgehead atoms. The number of likely N-dealkylation sites (tertiary alicyclic amines) is 1. The van der Waals surface area contributed by atoms with Crippen LogP contribution in [0, 0.1) is 12.8 Å². The number of benzene rings is 1. The Balaban J connectivity index is 1.47. The van der Waals surface area contributed by atoms with Crippen molar-refractivity contribution in [2.24, 2.45) is 5.92 Å². The number of carbonyl (C=O) groups excluding carboxylic acids is 3. The van der Waals surface area contributed by atoms with Crippen molar-refractivity contribution >= 4 is 17.7 Å². The predicted molar refractivity (Wildman–Crippen MR) is 103 cm³/mol. The van der Waals surface area contributed by atoms with Gasteiger partial charge in [-0.15, -0.1) is 0 Å². The minimum Gasteiger partial charge on any atom is -0.342 e. The third kappa shape index (κ3) is 4.67. The van der Waals surface area contributed by atoms with Crippen LogP contribution in [0.5, 0.6) is 0 Å². The van der Waals surface area contributed by atoms with E-state index in [1.54, 1.807) is 11.8 Å². The average molecular weight is 371 g/mol. The topological polar surface area (TPSA) is 60.9 Å². The average Bonchev–Trinajstić information content (AvgIpc) is 2.69. The molecule has 146 valence electrons. The highest BCUT2D eigenvalue weighted by Crippen LogP contribution is 2.21. The summed E-state index contributed by atoms with van der Waals surface area (Å²) in [7, 11) is 0. The number of nitrogens with zero attached hydrogens (tertiary/aromatic N) is 3. The van der Waals surface area contributed by atoms with E-state index in [0.717, 1.165) is 24.0 Å². The minimum absolute atomic E-state index is 0.00334. The lowest BCUT2D eigenvalue weighted by Crippen LogP contribution is -2.52. The van der Waals surface area contributed by atoms with E-state index in [1.807, 2.05) is 41.0 Å². The Labute approximate surface area is 161 Å². The van der Waals surface area contributed by atoms with Gasteiger partial charge >= 0.3 is 0 Å². The van der Waals surface area contributed by atoms with Crippen LogP contribution in [0.1, 0.15) is 30.9 Å². The SMILES string of the molecule is CC(=O)N1CCN(C(=O)C2CCN(C(=O)Cc3ccccc3C)CC2)CC1. The zero-order valence-corrected chi connectivity index (χ0v) is 16.3. The molecule has 27 heavy (non-hydrogen) atoms. The number of carbonyl (C=O) groups is 3. The van der Waals surface area contributed by atoms with Gasteiger partial charge in [0.15, 0.2) is 0 Å². The lowest BCUT2D eigenvalue weighted by Gasteiger charge is -2.38. The van der Waals surface area contributed by atoms with Gasteiger partial charge in [0.05, 0.1) is 6.42 Å². The fourth-order valence-corrected chi connectivity index (χ4v) is 3.96. The van der Waals surface area contributed by atoms with Crippen LogP contribution in [-0.2, 0) is 20.8 Å². The Morgan fingerprint density at radius 2 is 1.48 bits per heavy atom. The van der Waals surface area contributed by atoms with E-state index in [9.17, 15) is 14.4 Å². The Morgan fingerprint density at radius 1 is 0.889 bits per heavy atom. The molecule has 0 atom stereocenters. The minimum atomic E-state index is -0.00334. The number of piperidine rings is 1. The first kappa shape index (κ1) is 19.4. The molecule has 2 saturated heterocycles. The van der Waals surface area contributed by atoms with Crippen molar-refractivity contribution < 1.29 is 14.4 Å². The first-order valence-electron chi connectivity index (χ1n) is 9.82. The summed E-state index contributed by atoms with van der Waals surface area (Å²) < 4.78 is 0.